The zero-order valence-electron chi connectivity index (χ0n) is 23.7. The van der Waals surface area contributed by atoms with Gasteiger partial charge in [0.2, 0.25) is 5.91 Å². The molecule has 0 aliphatic heterocycles. The first-order valence-electron chi connectivity index (χ1n) is 13.9. The molecule has 224 valence electrons. The van der Waals surface area contributed by atoms with Gasteiger partial charge in [0, 0.05) is 29.9 Å². The second kappa shape index (κ2) is 15.7. The van der Waals surface area contributed by atoms with Gasteiger partial charge in [-0.2, -0.15) is 0 Å². The molecule has 0 aromatic heterocycles. The van der Waals surface area contributed by atoms with Crippen molar-refractivity contribution in [3.63, 3.8) is 0 Å². The summed E-state index contributed by atoms with van der Waals surface area (Å²) in [5.41, 5.74) is 3.41. The number of carbonyl (C=O) groups is 3. The van der Waals surface area contributed by atoms with Gasteiger partial charge >= 0.3 is 0 Å². The molecule has 5 rings (SSSR count). The van der Waals surface area contributed by atoms with Crippen LogP contribution < -0.4 is 16.0 Å². The van der Waals surface area contributed by atoms with Crippen LogP contribution >= 0.6 is 50.3 Å². The first-order chi connectivity index (χ1) is 21.8. The van der Waals surface area contributed by atoms with E-state index < -0.39 is 17.1 Å². The topological polar surface area (TPSA) is 87.3 Å². The fraction of sp³-hybridized carbons (Fsp3) is 0.0278. The van der Waals surface area contributed by atoms with Gasteiger partial charge in [-0.3, -0.25) is 14.4 Å². The van der Waals surface area contributed by atoms with Gasteiger partial charge in [0.05, 0.1) is 0 Å². The minimum absolute atomic E-state index is 0.0943. The van der Waals surface area contributed by atoms with Crippen LogP contribution in [0.15, 0.2) is 149 Å². The Bertz CT molecular complexity index is 1820. The molecule has 6 nitrogen and oxygen atoms in total. The van der Waals surface area contributed by atoms with Crippen molar-refractivity contribution in [1.82, 2.24) is 5.32 Å². The lowest BCUT2D eigenvalue weighted by molar-refractivity contribution is -0.116. The number of nitrogens with one attached hydrogen (secondary N) is 3. The van der Waals surface area contributed by atoms with Crippen molar-refractivity contribution < 1.29 is 14.4 Å². The lowest BCUT2D eigenvalue weighted by atomic mass is 10.1. The largest absolute Gasteiger partial charge is 0.325 e. The van der Waals surface area contributed by atoms with E-state index in [1.807, 2.05) is 97.1 Å². The smallest absolute Gasteiger partial charge is 0.272 e. The lowest BCUT2D eigenvalue weighted by Gasteiger charge is -2.17. The van der Waals surface area contributed by atoms with E-state index in [9.17, 15) is 14.4 Å². The van der Waals surface area contributed by atoms with Gasteiger partial charge in [0.1, 0.15) is 10.9 Å². The lowest BCUT2D eigenvalue weighted by Crippen LogP contribution is -2.30. The van der Waals surface area contributed by atoms with Crippen molar-refractivity contribution >= 4 is 85.5 Å². The van der Waals surface area contributed by atoms with Crippen molar-refractivity contribution in [1.29, 1.82) is 0 Å². The number of benzene rings is 5. The Morgan fingerprint density at radius 3 is 2.00 bits per heavy atom. The highest BCUT2D eigenvalue weighted by atomic mass is 127. The highest BCUT2D eigenvalue weighted by molar-refractivity contribution is 14.1. The molecule has 3 amide bonds. The fourth-order valence-corrected chi connectivity index (χ4v) is 6.10. The second-order valence-corrected chi connectivity index (χ2v) is 13.2. The normalized spacial score (nSPS) is 11.7. The van der Waals surface area contributed by atoms with Crippen molar-refractivity contribution in [3.05, 3.63) is 164 Å². The van der Waals surface area contributed by atoms with E-state index in [-0.39, 0.29) is 11.6 Å². The van der Waals surface area contributed by atoms with Gasteiger partial charge in [0.15, 0.2) is 0 Å². The van der Waals surface area contributed by atoms with Crippen LogP contribution in [0.4, 0.5) is 11.4 Å². The van der Waals surface area contributed by atoms with Crippen LogP contribution in [0.3, 0.4) is 0 Å². The van der Waals surface area contributed by atoms with E-state index in [4.69, 9.17) is 0 Å². The van der Waals surface area contributed by atoms with E-state index in [0.29, 0.717) is 11.3 Å². The molecule has 1 unspecified atom stereocenters. The summed E-state index contributed by atoms with van der Waals surface area (Å²) >= 11 is 7.10. The Labute approximate surface area is 288 Å². The molecule has 0 saturated heterocycles. The van der Waals surface area contributed by atoms with Gasteiger partial charge < -0.3 is 16.0 Å². The Morgan fingerprint density at radius 2 is 1.33 bits per heavy atom. The SMILES string of the molecule is O=C(Nc1ccc(SC(C(=O)Nc2ccc(I)cc2)c2ccccc2)cc1)/C(=C/c1cccc(Br)c1)NC(=O)c1ccccc1. The third kappa shape index (κ3) is 9.40. The third-order valence-corrected chi connectivity index (χ3v) is 8.99. The van der Waals surface area contributed by atoms with Crippen LogP contribution in [0.25, 0.3) is 6.08 Å². The number of carbonyl (C=O) groups excluding carboxylic acids is 3. The Kier molecular flexibility index (Phi) is 11.2. The van der Waals surface area contributed by atoms with Crippen LogP contribution in [0, 0.1) is 3.57 Å². The first-order valence-corrected chi connectivity index (χ1v) is 16.6. The molecule has 0 bridgehead atoms. The van der Waals surface area contributed by atoms with Crippen LogP contribution in [0.2, 0.25) is 0 Å². The zero-order chi connectivity index (χ0) is 31.6. The summed E-state index contributed by atoms with van der Waals surface area (Å²) in [7, 11) is 0. The van der Waals surface area contributed by atoms with Crippen LogP contribution in [-0.2, 0) is 9.59 Å². The highest BCUT2D eigenvalue weighted by Gasteiger charge is 2.22. The maximum atomic E-state index is 13.4. The molecule has 1 atom stereocenters. The number of amides is 3. The predicted molar refractivity (Wildman–Crippen MR) is 194 cm³/mol. The molecule has 3 N–H and O–H groups in total. The molecular formula is C36H27BrIN3O3S. The van der Waals surface area contributed by atoms with E-state index >= 15 is 0 Å². The number of halogens is 2. The van der Waals surface area contributed by atoms with E-state index in [0.717, 1.165) is 29.8 Å². The van der Waals surface area contributed by atoms with Gasteiger partial charge in [0.25, 0.3) is 11.8 Å². The summed E-state index contributed by atoms with van der Waals surface area (Å²) in [4.78, 5) is 40.6. The van der Waals surface area contributed by atoms with Gasteiger partial charge in [-0.05, 0) is 113 Å². The Hall–Kier alpha value is -4.19. The molecule has 0 aliphatic carbocycles. The van der Waals surface area contributed by atoms with Crippen LogP contribution in [-0.4, -0.2) is 17.7 Å². The number of hydrogen-bond donors (Lipinski definition) is 3. The average molecular weight is 789 g/mol. The molecular weight excluding hydrogens is 761 g/mol. The van der Waals surface area contributed by atoms with Gasteiger partial charge in [-0.1, -0.05) is 76.6 Å². The third-order valence-electron chi connectivity index (χ3n) is 6.51. The summed E-state index contributed by atoms with van der Waals surface area (Å²) in [6.45, 7) is 0. The Morgan fingerprint density at radius 1 is 0.711 bits per heavy atom. The van der Waals surface area contributed by atoms with Crippen molar-refractivity contribution in [2.45, 2.75) is 10.1 Å². The molecule has 0 saturated carbocycles. The molecule has 0 fully saturated rings. The summed E-state index contributed by atoms with van der Waals surface area (Å²) in [6, 6.07) is 40.7. The van der Waals surface area contributed by atoms with E-state index in [2.05, 4.69) is 54.5 Å². The molecule has 5 aromatic rings. The maximum Gasteiger partial charge on any atom is 0.272 e. The number of hydrogen-bond acceptors (Lipinski definition) is 4. The minimum atomic E-state index is -0.501. The molecule has 0 spiro atoms. The minimum Gasteiger partial charge on any atom is -0.325 e. The molecule has 0 radical (unpaired) electrons. The van der Waals surface area contributed by atoms with E-state index in [1.54, 1.807) is 42.5 Å². The molecule has 5 aromatic carbocycles. The number of rotatable bonds is 10. The first kappa shape index (κ1) is 32.2. The molecule has 45 heavy (non-hydrogen) atoms. The predicted octanol–water partition coefficient (Wildman–Crippen LogP) is 8.94. The second-order valence-electron chi connectivity index (χ2n) is 9.82. The summed E-state index contributed by atoms with van der Waals surface area (Å²) in [5, 5.41) is 8.17. The fourth-order valence-electron chi connectivity index (χ4n) is 4.30. The number of anilines is 2. The van der Waals surface area contributed by atoms with Crippen molar-refractivity contribution in [2.75, 3.05) is 10.6 Å². The van der Waals surface area contributed by atoms with Gasteiger partial charge in [-0.25, -0.2) is 0 Å². The summed E-state index contributed by atoms with van der Waals surface area (Å²) in [6.07, 6.45) is 1.63. The van der Waals surface area contributed by atoms with Gasteiger partial charge in [-0.15, -0.1) is 11.8 Å². The van der Waals surface area contributed by atoms with Crippen LogP contribution in [0.5, 0.6) is 0 Å². The molecule has 0 heterocycles. The monoisotopic (exact) mass is 787 g/mol. The Balaban J connectivity index is 1.32. The quantitative estimate of drug-likeness (QED) is 0.0750. The molecule has 9 heteroatoms. The average Bonchev–Trinajstić information content (AvgIpc) is 3.06. The number of thioether (sulfide) groups is 1. The summed E-state index contributed by atoms with van der Waals surface area (Å²) < 4.78 is 1.93. The molecule has 0 aliphatic rings. The maximum absolute atomic E-state index is 13.4. The highest BCUT2D eigenvalue weighted by Crippen LogP contribution is 2.37. The summed E-state index contributed by atoms with van der Waals surface area (Å²) in [5.74, 6) is -1.01. The van der Waals surface area contributed by atoms with Crippen LogP contribution in [0.1, 0.15) is 26.7 Å². The van der Waals surface area contributed by atoms with Crippen molar-refractivity contribution in [2.24, 2.45) is 0 Å². The standard InChI is InChI=1S/C36H27BrIN3O3S/c37-27-13-7-8-24(22-27)23-32(41-34(42)26-11-5-2-6-12-26)35(43)39-30-18-20-31(21-19-30)45-33(25-9-3-1-4-10-25)36(44)40-29-16-14-28(38)15-17-29/h1-23,33H,(H,39,43)(H,40,44)(H,41,42)/b32-23-. The zero-order valence-corrected chi connectivity index (χ0v) is 28.3. The van der Waals surface area contributed by atoms with E-state index in [1.165, 1.54) is 11.8 Å². The van der Waals surface area contributed by atoms with Crippen molar-refractivity contribution in [3.8, 4) is 0 Å².